The molecule has 4 rings (SSSR count). The minimum atomic E-state index is -4.63. The molecule has 1 aromatic carbocycles. The fourth-order valence-electron chi connectivity index (χ4n) is 3.15. The van der Waals surface area contributed by atoms with Gasteiger partial charge in [0.2, 0.25) is 11.8 Å². The van der Waals surface area contributed by atoms with Crippen molar-refractivity contribution in [3.8, 4) is 11.6 Å². The Hall–Kier alpha value is -4.22. The highest BCUT2D eigenvalue weighted by atomic mass is 19.4. The van der Waals surface area contributed by atoms with Crippen LogP contribution in [-0.2, 0) is 11.0 Å². The zero-order valence-corrected chi connectivity index (χ0v) is 16.5. The lowest BCUT2D eigenvalue weighted by molar-refractivity contribution is -0.137. The van der Waals surface area contributed by atoms with Crippen LogP contribution in [0, 0.1) is 6.92 Å². The van der Waals surface area contributed by atoms with Gasteiger partial charge in [-0.15, -0.1) is 0 Å². The monoisotopic (exact) mass is 444 g/mol. The molecule has 1 aliphatic heterocycles. The van der Waals surface area contributed by atoms with E-state index < -0.39 is 30.2 Å². The van der Waals surface area contributed by atoms with E-state index in [1.807, 2.05) is 0 Å². The van der Waals surface area contributed by atoms with Crippen molar-refractivity contribution in [1.29, 1.82) is 0 Å². The van der Waals surface area contributed by atoms with Crippen molar-refractivity contribution < 1.29 is 27.5 Å². The van der Waals surface area contributed by atoms with Crippen LogP contribution in [0.2, 0.25) is 0 Å². The molecule has 3 aromatic rings. The number of hydrogen-bond acceptors (Lipinski definition) is 7. The van der Waals surface area contributed by atoms with Gasteiger partial charge in [0.1, 0.15) is 12.3 Å². The Bertz CT molecular complexity index is 1220. The van der Waals surface area contributed by atoms with Crippen molar-refractivity contribution in [2.45, 2.75) is 13.1 Å². The summed E-state index contributed by atoms with van der Waals surface area (Å²) in [6.07, 6.45) is -1.45. The molecule has 1 aliphatic rings. The first-order chi connectivity index (χ1) is 15.1. The number of pyridine rings is 1. The molecule has 0 bridgehead atoms. The van der Waals surface area contributed by atoms with Crippen molar-refractivity contribution in [1.82, 2.24) is 15.0 Å². The number of nitrogens with two attached hydrogens (primary N) is 1. The van der Waals surface area contributed by atoms with E-state index >= 15 is 0 Å². The summed E-state index contributed by atoms with van der Waals surface area (Å²) in [7, 11) is 0. The van der Waals surface area contributed by atoms with Crippen LogP contribution in [0.15, 0.2) is 48.9 Å². The zero-order chi connectivity index (χ0) is 23.0. The standard InChI is InChI=1S/C20H15F3N6O3/c1-11-6-14(32-16-4-5-26-18(24)27-16)2-3-15(11)29-17(30)10-28(19(29)31)13-7-12(8-25-9-13)20(21,22)23/h2-9H,10H2,1H3,(H2,24,26,27). The second-order valence-corrected chi connectivity index (χ2v) is 6.83. The van der Waals surface area contributed by atoms with Crippen LogP contribution in [0.25, 0.3) is 0 Å². The van der Waals surface area contributed by atoms with Gasteiger partial charge >= 0.3 is 12.2 Å². The highest BCUT2D eigenvalue weighted by molar-refractivity contribution is 6.27. The number of alkyl halides is 3. The third-order valence-corrected chi connectivity index (χ3v) is 4.61. The van der Waals surface area contributed by atoms with Crippen LogP contribution in [0.5, 0.6) is 11.6 Å². The smallest absolute Gasteiger partial charge is 0.417 e. The molecule has 0 saturated carbocycles. The van der Waals surface area contributed by atoms with Gasteiger partial charge in [0.15, 0.2) is 0 Å². The van der Waals surface area contributed by atoms with Crippen molar-refractivity contribution in [2.75, 3.05) is 22.1 Å². The van der Waals surface area contributed by atoms with Gasteiger partial charge in [0.25, 0.3) is 5.91 Å². The summed E-state index contributed by atoms with van der Waals surface area (Å²) in [4.78, 5) is 38.6. The number of nitrogen functional groups attached to an aromatic ring is 1. The van der Waals surface area contributed by atoms with E-state index in [0.717, 1.165) is 22.1 Å². The van der Waals surface area contributed by atoms with E-state index in [2.05, 4.69) is 15.0 Å². The lowest BCUT2D eigenvalue weighted by atomic mass is 10.1. The van der Waals surface area contributed by atoms with Crippen LogP contribution in [0.4, 0.5) is 35.3 Å². The van der Waals surface area contributed by atoms with Crippen LogP contribution >= 0.6 is 0 Å². The molecule has 0 spiro atoms. The maximum Gasteiger partial charge on any atom is 0.417 e. The number of aryl methyl sites for hydroxylation is 1. The Labute approximate surface area is 179 Å². The van der Waals surface area contributed by atoms with Crippen molar-refractivity contribution in [3.63, 3.8) is 0 Å². The molecule has 9 nitrogen and oxygen atoms in total. The fraction of sp³-hybridized carbons (Fsp3) is 0.150. The molecule has 2 aromatic heterocycles. The summed E-state index contributed by atoms with van der Waals surface area (Å²) in [5.41, 5.74) is 5.17. The van der Waals surface area contributed by atoms with Crippen LogP contribution in [0.3, 0.4) is 0 Å². The number of anilines is 3. The number of aromatic nitrogens is 3. The predicted molar refractivity (Wildman–Crippen MR) is 107 cm³/mol. The number of benzene rings is 1. The first-order valence-electron chi connectivity index (χ1n) is 9.17. The predicted octanol–water partition coefficient (Wildman–Crippen LogP) is 3.55. The molecular formula is C20H15F3N6O3. The summed E-state index contributed by atoms with van der Waals surface area (Å²) in [5, 5.41) is 0. The molecule has 0 radical (unpaired) electrons. The van der Waals surface area contributed by atoms with E-state index in [0.29, 0.717) is 17.5 Å². The summed E-state index contributed by atoms with van der Waals surface area (Å²) < 4.78 is 44.6. The molecule has 0 unspecified atom stereocenters. The maximum absolute atomic E-state index is 13.0. The molecule has 3 heterocycles. The Morgan fingerprint density at radius 3 is 2.59 bits per heavy atom. The van der Waals surface area contributed by atoms with E-state index in [1.165, 1.54) is 24.4 Å². The molecule has 32 heavy (non-hydrogen) atoms. The number of amides is 3. The SMILES string of the molecule is Cc1cc(Oc2ccnc(N)n2)ccc1N1C(=O)CN(c2cncc(C(F)(F)F)c2)C1=O. The molecule has 12 heteroatoms. The Kier molecular flexibility index (Phi) is 5.12. The van der Waals surface area contributed by atoms with Crippen LogP contribution < -0.4 is 20.3 Å². The fourth-order valence-corrected chi connectivity index (χ4v) is 3.15. The van der Waals surface area contributed by atoms with Gasteiger partial charge in [-0.05, 0) is 36.8 Å². The van der Waals surface area contributed by atoms with Gasteiger partial charge < -0.3 is 10.5 Å². The Morgan fingerprint density at radius 1 is 1.12 bits per heavy atom. The number of halogens is 3. The first-order valence-corrected chi connectivity index (χ1v) is 9.17. The van der Waals surface area contributed by atoms with Crippen molar-refractivity contribution >= 4 is 29.3 Å². The van der Waals surface area contributed by atoms with Gasteiger partial charge in [0.05, 0.1) is 23.1 Å². The number of carbonyl (C=O) groups excluding carboxylic acids is 2. The average molecular weight is 444 g/mol. The summed E-state index contributed by atoms with van der Waals surface area (Å²) in [5.74, 6) is 0.0320. The number of nitrogens with zero attached hydrogens (tertiary/aromatic N) is 5. The molecule has 1 saturated heterocycles. The highest BCUT2D eigenvalue weighted by Gasteiger charge is 2.40. The maximum atomic E-state index is 13.0. The molecule has 164 valence electrons. The Balaban J connectivity index is 1.59. The van der Waals surface area contributed by atoms with Gasteiger partial charge in [-0.2, -0.15) is 18.2 Å². The number of rotatable bonds is 4. The van der Waals surface area contributed by atoms with Crippen molar-refractivity contribution in [2.24, 2.45) is 0 Å². The van der Waals surface area contributed by atoms with E-state index in [4.69, 9.17) is 10.5 Å². The topological polar surface area (TPSA) is 115 Å². The molecule has 1 fully saturated rings. The normalized spacial score (nSPS) is 14.2. The third kappa shape index (κ3) is 4.02. The number of urea groups is 1. The molecule has 2 N–H and O–H groups in total. The third-order valence-electron chi connectivity index (χ3n) is 4.61. The molecular weight excluding hydrogens is 429 g/mol. The molecule has 0 atom stereocenters. The zero-order valence-electron chi connectivity index (χ0n) is 16.5. The van der Waals surface area contributed by atoms with E-state index in [9.17, 15) is 22.8 Å². The van der Waals surface area contributed by atoms with Gasteiger partial charge in [-0.3, -0.25) is 14.7 Å². The van der Waals surface area contributed by atoms with E-state index in [1.54, 1.807) is 13.0 Å². The van der Waals surface area contributed by atoms with Crippen molar-refractivity contribution in [3.05, 3.63) is 60.0 Å². The average Bonchev–Trinajstić information content (AvgIpc) is 3.02. The lowest BCUT2D eigenvalue weighted by Crippen LogP contribution is -2.33. The largest absolute Gasteiger partial charge is 0.439 e. The summed E-state index contributed by atoms with van der Waals surface area (Å²) in [6.45, 7) is 1.24. The number of imide groups is 1. The Morgan fingerprint density at radius 2 is 1.91 bits per heavy atom. The van der Waals surface area contributed by atoms with Gasteiger partial charge in [-0.1, -0.05) is 0 Å². The molecule has 3 amide bonds. The lowest BCUT2D eigenvalue weighted by Gasteiger charge is -2.19. The van der Waals surface area contributed by atoms with Crippen LogP contribution in [0.1, 0.15) is 11.1 Å². The summed E-state index contributed by atoms with van der Waals surface area (Å²) in [6, 6.07) is 6.11. The number of ether oxygens (including phenoxy) is 1. The van der Waals surface area contributed by atoms with Gasteiger partial charge in [0, 0.05) is 18.5 Å². The van der Waals surface area contributed by atoms with Crippen LogP contribution in [-0.4, -0.2) is 33.4 Å². The minimum Gasteiger partial charge on any atom is -0.439 e. The van der Waals surface area contributed by atoms with E-state index in [-0.39, 0.29) is 23.2 Å². The second kappa shape index (κ2) is 7.80. The first kappa shape index (κ1) is 21.0. The number of carbonyl (C=O) groups is 2. The highest BCUT2D eigenvalue weighted by Crippen LogP contribution is 2.34. The quantitative estimate of drug-likeness (QED) is 0.612. The van der Waals surface area contributed by atoms with Gasteiger partial charge in [-0.25, -0.2) is 14.7 Å². The second-order valence-electron chi connectivity index (χ2n) is 6.83. The summed E-state index contributed by atoms with van der Waals surface area (Å²) >= 11 is 0. The minimum absolute atomic E-state index is 0.0354. The number of hydrogen-bond donors (Lipinski definition) is 1. The molecule has 0 aliphatic carbocycles.